The number of benzene rings is 2. The van der Waals surface area contributed by atoms with E-state index < -0.39 is 5.82 Å². The van der Waals surface area contributed by atoms with Crippen molar-refractivity contribution in [2.75, 3.05) is 10.6 Å². The molecular weight excluding hydrogens is 289 g/mol. The summed E-state index contributed by atoms with van der Waals surface area (Å²) in [5, 5.41) is 5.86. The molecule has 3 rings (SSSR count). The molecular formula is C16H11B2FN4. The molecule has 7 heteroatoms. The third-order valence-corrected chi connectivity index (χ3v) is 3.04. The van der Waals surface area contributed by atoms with Crippen molar-refractivity contribution >= 4 is 49.8 Å². The summed E-state index contributed by atoms with van der Waals surface area (Å²) in [5.74, 6) is -0.258. The summed E-state index contributed by atoms with van der Waals surface area (Å²) in [4.78, 5) is 8.05. The summed E-state index contributed by atoms with van der Waals surface area (Å²) in [6.45, 7) is 0. The van der Waals surface area contributed by atoms with E-state index in [1.54, 1.807) is 42.5 Å². The summed E-state index contributed by atoms with van der Waals surface area (Å²) in [5.41, 5.74) is 2.53. The highest BCUT2D eigenvalue weighted by Crippen LogP contribution is 2.19. The van der Waals surface area contributed by atoms with Gasteiger partial charge in [-0.3, -0.25) is 0 Å². The maximum absolute atomic E-state index is 13.9. The molecule has 0 bridgehead atoms. The van der Waals surface area contributed by atoms with E-state index in [1.807, 2.05) is 6.07 Å². The van der Waals surface area contributed by atoms with Crippen molar-refractivity contribution in [1.82, 2.24) is 9.97 Å². The van der Waals surface area contributed by atoms with Gasteiger partial charge in [0, 0.05) is 11.4 Å². The van der Waals surface area contributed by atoms with Crippen LogP contribution in [0.4, 0.5) is 27.5 Å². The van der Waals surface area contributed by atoms with Crippen molar-refractivity contribution in [2.24, 2.45) is 0 Å². The summed E-state index contributed by atoms with van der Waals surface area (Å²) in [6.07, 6.45) is 1.09. The Labute approximate surface area is 136 Å². The molecule has 0 saturated heterocycles. The van der Waals surface area contributed by atoms with Crippen LogP contribution in [0.1, 0.15) is 0 Å². The standard InChI is InChI=1S/C16H11B2FN4/c17-10-3-1-5-12(7-10)21-15-14(19)9-20-16(23-15)22-13-6-2-4-11(18)8-13/h1-9H,(H2,20,21,22,23). The Bertz CT molecular complexity index is 842. The molecule has 3 aromatic rings. The zero-order valence-electron chi connectivity index (χ0n) is 12.1. The van der Waals surface area contributed by atoms with Crippen molar-refractivity contribution < 1.29 is 4.39 Å². The molecule has 23 heavy (non-hydrogen) atoms. The topological polar surface area (TPSA) is 49.8 Å². The molecule has 2 N–H and O–H groups in total. The van der Waals surface area contributed by atoms with Gasteiger partial charge in [-0.2, -0.15) is 4.98 Å². The lowest BCUT2D eigenvalue weighted by atomic mass is 9.96. The minimum absolute atomic E-state index is 0.0528. The first-order chi connectivity index (χ1) is 11.1. The molecule has 4 radical (unpaired) electrons. The first-order valence-electron chi connectivity index (χ1n) is 6.88. The lowest BCUT2D eigenvalue weighted by Crippen LogP contribution is -2.07. The highest BCUT2D eigenvalue weighted by Gasteiger charge is 2.08. The van der Waals surface area contributed by atoms with E-state index in [9.17, 15) is 4.39 Å². The predicted molar refractivity (Wildman–Crippen MR) is 92.2 cm³/mol. The van der Waals surface area contributed by atoms with Crippen LogP contribution >= 0.6 is 0 Å². The fourth-order valence-electron chi connectivity index (χ4n) is 2.01. The Morgan fingerprint density at radius 3 is 2.09 bits per heavy atom. The number of aromatic nitrogens is 2. The van der Waals surface area contributed by atoms with E-state index in [-0.39, 0.29) is 11.8 Å². The van der Waals surface area contributed by atoms with Crippen LogP contribution in [-0.2, 0) is 0 Å². The second-order valence-corrected chi connectivity index (χ2v) is 4.89. The van der Waals surface area contributed by atoms with E-state index in [2.05, 4.69) is 20.6 Å². The first kappa shape index (κ1) is 15.1. The van der Waals surface area contributed by atoms with Crippen molar-refractivity contribution in [2.45, 2.75) is 0 Å². The average molecular weight is 300 g/mol. The molecule has 2 aromatic carbocycles. The zero-order chi connectivity index (χ0) is 16.2. The lowest BCUT2D eigenvalue weighted by Gasteiger charge is -2.10. The van der Waals surface area contributed by atoms with Crippen molar-refractivity contribution in [3.05, 3.63) is 60.5 Å². The molecule has 0 amide bonds. The molecule has 108 valence electrons. The smallest absolute Gasteiger partial charge is 0.229 e. The summed E-state index contributed by atoms with van der Waals surface area (Å²) in [6, 6.07) is 14.1. The van der Waals surface area contributed by atoms with Crippen LogP contribution in [-0.4, -0.2) is 25.7 Å². The first-order valence-corrected chi connectivity index (χ1v) is 6.88. The lowest BCUT2D eigenvalue weighted by molar-refractivity contribution is 0.619. The summed E-state index contributed by atoms with van der Waals surface area (Å²) < 4.78 is 13.9. The molecule has 0 spiro atoms. The normalized spacial score (nSPS) is 10.3. The van der Waals surface area contributed by atoms with Gasteiger partial charge in [0.1, 0.15) is 15.7 Å². The Balaban J connectivity index is 1.84. The van der Waals surface area contributed by atoms with Crippen molar-refractivity contribution in [3.8, 4) is 0 Å². The third kappa shape index (κ3) is 3.88. The van der Waals surface area contributed by atoms with Crippen LogP contribution in [0.2, 0.25) is 0 Å². The number of nitrogens with zero attached hydrogens (tertiary/aromatic N) is 2. The van der Waals surface area contributed by atoms with Gasteiger partial charge >= 0.3 is 0 Å². The van der Waals surface area contributed by atoms with Gasteiger partial charge < -0.3 is 10.6 Å². The van der Waals surface area contributed by atoms with Gasteiger partial charge in [-0.05, 0) is 24.3 Å². The Morgan fingerprint density at radius 2 is 1.48 bits per heavy atom. The van der Waals surface area contributed by atoms with E-state index >= 15 is 0 Å². The highest BCUT2D eigenvalue weighted by molar-refractivity contribution is 6.32. The zero-order valence-corrected chi connectivity index (χ0v) is 12.1. The number of hydrogen-bond donors (Lipinski definition) is 2. The average Bonchev–Trinajstić information content (AvgIpc) is 2.51. The summed E-state index contributed by atoms with van der Waals surface area (Å²) in [7, 11) is 11.4. The maximum Gasteiger partial charge on any atom is 0.229 e. The quantitative estimate of drug-likeness (QED) is 0.720. The summed E-state index contributed by atoms with van der Waals surface area (Å²) >= 11 is 0. The number of anilines is 4. The number of rotatable bonds is 4. The molecule has 0 saturated carbocycles. The number of hydrogen-bond acceptors (Lipinski definition) is 4. The van der Waals surface area contributed by atoms with Crippen LogP contribution in [0.3, 0.4) is 0 Å². The van der Waals surface area contributed by atoms with Gasteiger partial charge in [-0.25, -0.2) is 9.37 Å². The molecule has 0 aliphatic carbocycles. The van der Waals surface area contributed by atoms with Gasteiger partial charge in [0.05, 0.1) is 6.20 Å². The fraction of sp³-hybridized carbons (Fsp3) is 0. The highest BCUT2D eigenvalue weighted by atomic mass is 19.1. The van der Waals surface area contributed by atoms with Gasteiger partial charge in [-0.1, -0.05) is 35.2 Å². The largest absolute Gasteiger partial charge is 0.338 e. The number of halogens is 1. The number of nitrogens with one attached hydrogen (secondary N) is 2. The van der Waals surface area contributed by atoms with E-state index in [0.717, 1.165) is 6.20 Å². The van der Waals surface area contributed by atoms with E-state index in [4.69, 9.17) is 15.7 Å². The fourth-order valence-corrected chi connectivity index (χ4v) is 2.01. The van der Waals surface area contributed by atoms with Crippen LogP contribution in [0.15, 0.2) is 54.7 Å². The van der Waals surface area contributed by atoms with E-state index in [1.165, 1.54) is 0 Å². The van der Waals surface area contributed by atoms with Crippen LogP contribution in [0, 0.1) is 5.82 Å². The van der Waals surface area contributed by atoms with Gasteiger partial charge in [0.2, 0.25) is 5.95 Å². The molecule has 0 unspecified atom stereocenters. The minimum Gasteiger partial charge on any atom is -0.338 e. The molecule has 0 aliphatic rings. The molecule has 1 aromatic heterocycles. The van der Waals surface area contributed by atoms with Crippen molar-refractivity contribution in [3.63, 3.8) is 0 Å². The molecule has 0 aliphatic heterocycles. The Morgan fingerprint density at radius 1 is 0.870 bits per heavy atom. The maximum atomic E-state index is 13.9. The van der Waals surface area contributed by atoms with Gasteiger partial charge in [-0.15, -0.1) is 0 Å². The second-order valence-electron chi connectivity index (χ2n) is 4.89. The third-order valence-electron chi connectivity index (χ3n) is 3.04. The van der Waals surface area contributed by atoms with Crippen LogP contribution < -0.4 is 21.6 Å². The van der Waals surface area contributed by atoms with Crippen LogP contribution in [0.25, 0.3) is 0 Å². The molecule has 4 nitrogen and oxygen atoms in total. The Kier molecular flexibility index (Phi) is 4.28. The molecule has 0 fully saturated rings. The predicted octanol–water partition coefficient (Wildman–Crippen LogP) is 1.69. The molecule has 1 heterocycles. The molecule has 0 atom stereocenters. The Hall–Kier alpha value is -2.82. The minimum atomic E-state index is -0.564. The monoisotopic (exact) mass is 300 g/mol. The van der Waals surface area contributed by atoms with Crippen LogP contribution in [0.5, 0.6) is 0 Å². The SMILES string of the molecule is [B]c1cccc(Nc2ncc(F)c(Nc3cccc([B])c3)n2)c1. The van der Waals surface area contributed by atoms with E-state index in [0.29, 0.717) is 22.3 Å². The van der Waals surface area contributed by atoms with Crippen molar-refractivity contribution in [1.29, 1.82) is 0 Å². The van der Waals surface area contributed by atoms with Gasteiger partial charge in [0.25, 0.3) is 0 Å². The van der Waals surface area contributed by atoms with Gasteiger partial charge in [0.15, 0.2) is 11.6 Å². The second kappa shape index (κ2) is 6.52.